The zero-order valence-electron chi connectivity index (χ0n) is 15.8. The Balaban J connectivity index is 1.31. The highest BCUT2D eigenvalue weighted by atomic mass is 16.5. The van der Waals surface area contributed by atoms with Crippen LogP contribution in [0.5, 0.6) is 5.75 Å². The summed E-state index contributed by atoms with van der Waals surface area (Å²) >= 11 is 0. The summed E-state index contributed by atoms with van der Waals surface area (Å²) in [5.41, 5.74) is 1.33. The van der Waals surface area contributed by atoms with Gasteiger partial charge in [0.05, 0.1) is 6.61 Å². The van der Waals surface area contributed by atoms with E-state index in [1.54, 1.807) is 12.5 Å². The van der Waals surface area contributed by atoms with Gasteiger partial charge in [0, 0.05) is 38.9 Å². The van der Waals surface area contributed by atoms with E-state index in [4.69, 9.17) is 4.74 Å². The molecule has 0 N–H and O–H groups in total. The molecule has 1 aromatic carbocycles. The molecule has 0 saturated carbocycles. The quantitative estimate of drug-likeness (QED) is 0.599. The van der Waals surface area contributed by atoms with Crippen molar-refractivity contribution in [2.45, 2.75) is 26.3 Å². The van der Waals surface area contributed by atoms with Gasteiger partial charge in [-0.2, -0.15) is 0 Å². The number of anilines is 1. The van der Waals surface area contributed by atoms with Crippen LogP contribution in [0.1, 0.15) is 25.3 Å². The molecule has 2 aromatic heterocycles. The molecule has 3 aromatic rings. The largest absolute Gasteiger partial charge is 0.494 e. The molecule has 27 heavy (non-hydrogen) atoms. The lowest BCUT2D eigenvalue weighted by Crippen LogP contribution is -2.46. The van der Waals surface area contributed by atoms with Crippen molar-refractivity contribution in [2.24, 2.45) is 0 Å². The van der Waals surface area contributed by atoms with E-state index in [2.05, 4.69) is 56.2 Å². The molecule has 7 heteroatoms. The Morgan fingerprint density at radius 3 is 2.63 bits per heavy atom. The minimum atomic E-state index is 0.649. The van der Waals surface area contributed by atoms with Gasteiger partial charge in [0.2, 0.25) is 0 Å². The molecule has 0 aliphatic carbocycles. The number of unbranched alkanes of at least 4 members (excludes halogenated alkanes) is 1. The lowest BCUT2D eigenvalue weighted by molar-refractivity contribution is 0.249. The summed E-state index contributed by atoms with van der Waals surface area (Å²) < 4.78 is 7.70. The summed E-state index contributed by atoms with van der Waals surface area (Å²) in [5, 5.41) is 7.99. The minimum Gasteiger partial charge on any atom is -0.494 e. The lowest BCUT2D eigenvalue weighted by Gasteiger charge is -2.36. The van der Waals surface area contributed by atoms with Gasteiger partial charge in [-0.1, -0.05) is 25.5 Å². The molecule has 0 unspecified atom stereocenters. The van der Waals surface area contributed by atoms with Crippen LogP contribution in [0.2, 0.25) is 0 Å². The fourth-order valence-electron chi connectivity index (χ4n) is 3.41. The van der Waals surface area contributed by atoms with Crippen molar-refractivity contribution in [3.05, 3.63) is 48.4 Å². The van der Waals surface area contributed by atoms with E-state index in [0.717, 1.165) is 63.7 Å². The van der Waals surface area contributed by atoms with Crippen molar-refractivity contribution in [1.82, 2.24) is 24.5 Å². The summed E-state index contributed by atoms with van der Waals surface area (Å²) in [6.45, 7) is 7.97. The van der Waals surface area contributed by atoms with Crippen LogP contribution in [0.4, 0.5) is 5.82 Å². The lowest BCUT2D eigenvalue weighted by atomic mass is 10.2. The van der Waals surface area contributed by atoms with Gasteiger partial charge in [-0.25, -0.2) is 4.98 Å². The van der Waals surface area contributed by atoms with Gasteiger partial charge < -0.3 is 9.64 Å². The molecule has 1 aliphatic heterocycles. The maximum Gasteiger partial charge on any atom is 0.256 e. The average molecular weight is 366 g/mol. The summed E-state index contributed by atoms with van der Waals surface area (Å²) in [5.74, 6) is 2.72. The molecule has 0 radical (unpaired) electrons. The molecule has 0 spiro atoms. The van der Waals surface area contributed by atoms with E-state index in [1.807, 2.05) is 10.5 Å². The maximum atomic E-state index is 5.75. The molecule has 1 fully saturated rings. The number of aromatic nitrogens is 4. The van der Waals surface area contributed by atoms with Gasteiger partial charge in [0.25, 0.3) is 5.78 Å². The Labute approximate surface area is 159 Å². The zero-order chi connectivity index (χ0) is 18.5. The molecule has 7 nitrogen and oxygen atoms in total. The second kappa shape index (κ2) is 8.35. The highest BCUT2D eigenvalue weighted by molar-refractivity contribution is 5.46. The van der Waals surface area contributed by atoms with E-state index < -0.39 is 0 Å². The molecule has 0 atom stereocenters. The third kappa shape index (κ3) is 4.19. The first-order chi connectivity index (χ1) is 13.3. The van der Waals surface area contributed by atoms with E-state index in [1.165, 1.54) is 5.56 Å². The van der Waals surface area contributed by atoms with Crippen LogP contribution in [0, 0.1) is 0 Å². The molecule has 1 aliphatic rings. The van der Waals surface area contributed by atoms with Crippen molar-refractivity contribution >= 4 is 11.6 Å². The third-order valence-corrected chi connectivity index (χ3v) is 4.98. The monoisotopic (exact) mass is 366 g/mol. The van der Waals surface area contributed by atoms with Crippen LogP contribution in [0.15, 0.2) is 42.9 Å². The van der Waals surface area contributed by atoms with Crippen molar-refractivity contribution in [3.8, 4) is 5.75 Å². The molecule has 1 saturated heterocycles. The van der Waals surface area contributed by atoms with Crippen LogP contribution in [-0.2, 0) is 6.54 Å². The Bertz CT molecular complexity index is 854. The van der Waals surface area contributed by atoms with Gasteiger partial charge in [-0.3, -0.25) is 9.30 Å². The van der Waals surface area contributed by atoms with Gasteiger partial charge >= 0.3 is 0 Å². The zero-order valence-corrected chi connectivity index (χ0v) is 15.8. The number of piperazine rings is 1. The Morgan fingerprint density at radius 2 is 1.85 bits per heavy atom. The first-order valence-electron chi connectivity index (χ1n) is 9.67. The predicted octanol–water partition coefficient (Wildman–Crippen LogP) is 2.63. The van der Waals surface area contributed by atoms with Gasteiger partial charge in [-0.15, -0.1) is 10.2 Å². The molecule has 0 amide bonds. The number of hydrogen-bond donors (Lipinski definition) is 0. The van der Waals surface area contributed by atoms with Gasteiger partial charge in [0.15, 0.2) is 0 Å². The number of ether oxygens (including phenoxy) is 1. The van der Waals surface area contributed by atoms with Crippen LogP contribution in [-0.4, -0.2) is 57.3 Å². The Morgan fingerprint density at radius 1 is 1.04 bits per heavy atom. The maximum absolute atomic E-state index is 5.75. The SMILES string of the molecule is CCCCOc1ccc(CN2CCN(c3ccnc4nncn34)CC2)cc1. The second-order valence-corrected chi connectivity index (χ2v) is 6.91. The van der Waals surface area contributed by atoms with Crippen molar-refractivity contribution in [1.29, 1.82) is 0 Å². The first-order valence-corrected chi connectivity index (χ1v) is 9.67. The number of fused-ring (bicyclic) bond motifs is 1. The van der Waals surface area contributed by atoms with Crippen molar-refractivity contribution < 1.29 is 4.74 Å². The number of hydrogen-bond acceptors (Lipinski definition) is 6. The van der Waals surface area contributed by atoms with Gasteiger partial charge in [-0.05, 0) is 30.2 Å². The van der Waals surface area contributed by atoms with Crippen LogP contribution < -0.4 is 9.64 Å². The van der Waals surface area contributed by atoms with E-state index in [9.17, 15) is 0 Å². The third-order valence-electron chi connectivity index (χ3n) is 4.98. The summed E-state index contributed by atoms with van der Waals surface area (Å²) in [6, 6.07) is 10.6. The van der Waals surface area contributed by atoms with Crippen LogP contribution in [0.3, 0.4) is 0 Å². The van der Waals surface area contributed by atoms with Crippen LogP contribution in [0.25, 0.3) is 5.78 Å². The normalized spacial score (nSPS) is 15.4. The summed E-state index contributed by atoms with van der Waals surface area (Å²) in [6.07, 6.45) is 5.79. The summed E-state index contributed by atoms with van der Waals surface area (Å²) in [7, 11) is 0. The standard InChI is InChI=1S/C20H26N6O/c1-2-3-14-27-18-6-4-17(5-7-18)15-24-10-12-25(13-11-24)19-8-9-21-20-23-22-16-26(19)20/h4-9,16H,2-3,10-15H2,1H3. The predicted molar refractivity (Wildman–Crippen MR) is 105 cm³/mol. The first kappa shape index (κ1) is 17.7. The van der Waals surface area contributed by atoms with Crippen LogP contribution >= 0.6 is 0 Å². The molecule has 0 bridgehead atoms. The highest BCUT2D eigenvalue weighted by Crippen LogP contribution is 2.18. The Kier molecular flexibility index (Phi) is 5.48. The number of rotatable bonds is 7. The highest BCUT2D eigenvalue weighted by Gasteiger charge is 2.19. The molecule has 4 rings (SSSR count). The minimum absolute atomic E-state index is 0.649. The van der Waals surface area contributed by atoms with E-state index in [-0.39, 0.29) is 0 Å². The van der Waals surface area contributed by atoms with Gasteiger partial charge in [0.1, 0.15) is 17.9 Å². The fraction of sp³-hybridized carbons (Fsp3) is 0.450. The van der Waals surface area contributed by atoms with E-state index in [0.29, 0.717) is 5.78 Å². The second-order valence-electron chi connectivity index (χ2n) is 6.91. The van der Waals surface area contributed by atoms with Crippen molar-refractivity contribution in [3.63, 3.8) is 0 Å². The van der Waals surface area contributed by atoms with Crippen molar-refractivity contribution in [2.75, 3.05) is 37.7 Å². The molecule has 142 valence electrons. The molecular weight excluding hydrogens is 340 g/mol. The number of nitrogens with zero attached hydrogens (tertiary/aromatic N) is 6. The average Bonchev–Trinajstić information content (AvgIpc) is 3.19. The smallest absolute Gasteiger partial charge is 0.256 e. The summed E-state index contributed by atoms with van der Waals surface area (Å²) in [4.78, 5) is 9.11. The molecular formula is C20H26N6O. The fourth-order valence-corrected chi connectivity index (χ4v) is 3.41. The van der Waals surface area contributed by atoms with E-state index >= 15 is 0 Å². The Hall–Kier alpha value is -2.67. The topological polar surface area (TPSA) is 58.8 Å². The molecule has 3 heterocycles. The number of benzene rings is 1.